The van der Waals surface area contributed by atoms with Crippen molar-refractivity contribution in [2.75, 3.05) is 13.6 Å². The summed E-state index contributed by atoms with van der Waals surface area (Å²) < 4.78 is 5.57. The minimum atomic E-state index is -1.05. The highest BCUT2D eigenvalue weighted by Gasteiger charge is 2.19. The van der Waals surface area contributed by atoms with Crippen LogP contribution in [0.4, 0.5) is 0 Å². The number of benzene rings is 1. The lowest BCUT2D eigenvalue weighted by Crippen LogP contribution is -2.19. The van der Waals surface area contributed by atoms with Gasteiger partial charge in [0, 0.05) is 28.1 Å². The van der Waals surface area contributed by atoms with E-state index in [9.17, 15) is 9.90 Å². The van der Waals surface area contributed by atoms with Crippen LogP contribution in [-0.4, -0.2) is 29.6 Å². The summed E-state index contributed by atoms with van der Waals surface area (Å²) in [5.74, 6) is -1.06. The maximum absolute atomic E-state index is 11.2. The third-order valence-corrected chi connectivity index (χ3v) is 3.83. The predicted molar refractivity (Wildman–Crippen MR) is 84.2 cm³/mol. The number of aryl methyl sites for hydroxylation is 1. The first kappa shape index (κ1) is 15.9. The van der Waals surface area contributed by atoms with Crippen LogP contribution in [0, 0.1) is 6.92 Å². The fraction of sp³-hybridized carbons (Fsp3) is 0.438. The summed E-state index contributed by atoms with van der Waals surface area (Å²) in [6, 6.07) is 3.61. The Hall–Kier alpha value is -1.52. The van der Waals surface area contributed by atoms with Crippen LogP contribution in [0.3, 0.4) is 0 Å². The van der Waals surface area contributed by atoms with E-state index in [1.54, 1.807) is 13.0 Å². The molecule has 21 heavy (non-hydrogen) atoms. The number of furan rings is 1. The molecule has 5 heteroatoms. The third-order valence-electron chi connectivity index (χ3n) is 3.61. The Morgan fingerprint density at radius 2 is 2.14 bits per heavy atom. The Morgan fingerprint density at radius 1 is 1.43 bits per heavy atom. The van der Waals surface area contributed by atoms with E-state index in [1.807, 2.05) is 13.1 Å². The summed E-state index contributed by atoms with van der Waals surface area (Å²) in [7, 11) is 2.04. The van der Waals surface area contributed by atoms with Crippen molar-refractivity contribution in [2.45, 2.75) is 33.2 Å². The molecule has 0 unspecified atom stereocenters. The number of nitrogens with zero attached hydrogens (tertiary/aromatic N) is 1. The Morgan fingerprint density at radius 3 is 2.76 bits per heavy atom. The van der Waals surface area contributed by atoms with Crippen molar-refractivity contribution in [2.24, 2.45) is 0 Å². The fourth-order valence-electron chi connectivity index (χ4n) is 2.47. The van der Waals surface area contributed by atoms with E-state index < -0.39 is 5.97 Å². The number of aromatic carboxylic acids is 1. The lowest BCUT2D eigenvalue weighted by atomic mass is 10.1. The monoisotopic (exact) mass is 309 g/mol. The quantitative estimate of drug-likeness (QED) is 0.863. The summed E-state index contributed by atoms with van der Waals surface area (Å²) in [6.45, 7) is 5.57. The molecule has 4 nitrogen and oxygen atoms in total. The minimum Gasteiger partial charge on any atom is -0.475 e. The maximum atomic E-state index is 11.2. The van der Waals surface area contributed by atoms with Crippen molar-refractivity contribution in [3.63, 3.8) is 0 Å². The van der Waals surface area contributed by atoms with Crippen LogP contribution in [-0.2, 0) is 6.54 Å². The molecule has 0 saturated carbocycles. The number of carbonyl (C=O) groups is 1. The molecule has 0 aliphatic carbocycles. The van der Waals surface area contributed by atoms with E-state index in [4.69, 9.17) is 16.0 Å². The molecule has 0 saturated heterocycles. The molecule has 0 bridgehead atoms. The van der Waals surface area contributed by atoms with Gasteiger partial charge in [-0.3, -0.25) is 0 Å². The summed E-state index contributed by atoms with van der Waals surface area (Å²) in [5.41, 5.74) is 2.17. The van der Waals surface area contributed by atoms with Gasteiger partial charge in [0.2, 0.25) is 5.76 Å². The number of halogens is 1. The van der Waals surface area contributed by atoms with E-state index in [1.165, 1.54) is 0 Å². The van der Waals surface area contributed by atoms with Gasteiger partial charge >= 0.3 is 5.97 Å². The average Bonchev–Trinajstić information content (AvgIpc) is 2.74. The van der Waals surface area contributed by atoms with Gasteiger partial charge in [0.15, 0.2) is 0 Å². The molecule has 0 aliphatic heterocycles. The molecular weight excluding hydrogens is 290 g/mol. The van der Waals surface area contributed by atoms with Crippen molar-refractivity contribution in [3.8, 4) is 0 Å². The second kappa shape index (κ2) is 6.50. The second-order valence-corrected chi connectivity index (χ2v) is 5.83. The predicted octanol–water partition coefficient (Wildman–Crippen LogP) is 4.32. The van der Waals surface area contributed by atoms with Crippen LogP contribution in [0.1, 0.15) is 41.4 Å². The van der Waals surface area contributed by atoms with Crippen LogP contribution in [0.15, 0.2) is 16.5 Å². The van der Waals surface area contributed by atoms with Crippen LogP contribution in [0.25, 0.3) is 11.0 Å². The maximum Gasteiger partial charge on any atom is 0.372 e. The zero-order valence-corrected chi connectivity index (χ0v) is 13.3. The second-order valence-electron chi connectivity index (χ2n) is 5.39. The Labute approximate surface area is 129 Å². The number of hydrogen-bond acceptors (Lipinski definition) is 3. The summed E-state index contributed by atoms with van der Waals surface area (Å²) in [4.78, 5) is 13.4. The van der Waals surface area contributed by atoms with Crippen molar-refractivity contribution < 1.29 is 14.3 Å². The lowest BCUT2D eigenvalue weighted by molar-refractivity contribution is 0.0664. The summed E-state index contributed by atoms with van der Waals surface area (Å²) >= 11 is 6.16. The highest BCUT2D eigenvalue weighted by molar-refractivity contribution is 6.31. The number of fused-ring (bicyclic) bond motifs is 1. The van der Waals surface area contributed by atoms with Gasteiger partial charge in [-0.05, 0) is 39.1 Å². The largest absolute Gasteiger partial charge is 0.475 e. The van der Waals surface area contributed by atoms with Gasteiger partial charge in [-0.1, -0.05) is 24.9 Å². The molecule has 114 valence electrons. The normalized spacial score (nSPS) is 11.5. The van der Waals surface area contributed by atoms with E-state index in [2.05, 4.69) is 11.8 Å². The van der Waals surface area contributed by atoms with Gasteiger partial charge in [-0.2, -0.15) is 0 Å². The van der Waals surface area contributed by atoms with Crippen molar-refractivity contribution >= 4 is 28.5 Å². The van der Waals surface area contributed by atoms with Gasteiger partial charge < -0.3 is 14.4 Å². The van der Waals surface area contributed by atoms with E-state index in [-0.39, 0.29) is 5.76 Å². The molecule has 0 radical (unpaired) electrons. The lowest BCUT2D eigenvalue weighted by Gasteiger charge is -2.16. The zero-order chi connectivity index (χ0) is 15.6. The zero-order valence-electron chi connectivity index (χ0n) is 12.6. The molecule has 2 aromatic rings. The Bertz CT molecular complexity index is 663. The van der Waals surface area contributed by atoms with Crippen LogP contribution >= 0.6 is 11.6 Å². The first-order chi connectivity index (χ1) is 9.93. The van der Waals surface area contributed by atoms with Gasteiger partial charge in [0.05, 0.1) is 0 Å². The van der Waals surface area contributed by atoms with Crippen molar-refractivity contribution in [1.29, 1.82) is 0 Å². The van der Waals surface area contributed by atoms with Gasteiger partial charge in [0.1, 0.15) is 5.58 Å². The minimum absolute atomic E-state index is 0.00951. The fourth-order valence-corrected chi connectivity index (χ4v) is 2.71. The van der Waals surface area contributed by atoms with Gasteiger partial charge in [0.25, 0.3) is 0 Å². The molecule has 0 amide bonds. The molecule has 1 aromatic carbocycles. The molecule has 0 spiro atoms. The molecule has 0 aliphatic rings. The van der Waals surface area contributed by atoms with Crippen LogP contribution in [0.2, 0.25) is 5.02 Å². The topological polar surface area (TPSA) is 53.7 Å². The molecule has 2 rings (SSSR count). The van der Waals surface area contributed by atoms with Crippen molar-refractivity contribution in [3.05, 3.63) is 34.0 Å². The number of carboxylic acid groups (broad SMARTS) is 1. The average molecular weight is 310 g/mol. The smallest absolute Gasteiger partial charge is 0.372 e. The number of hydrogen-bond donors (Lipinski definition) is 1. The van der Waals surface area contributed by atoms with Crippen LogP contribution in [0.5, 0.6) is 0 Å². The Balaban J connectivity index is 2.43. The molecular formula is C16H20ClNO3. The molecule has 0 atom stereocenters. The van der Waals surface area contributed by atoms with Crippen molar-refractivity contribution in [1.82, 2.24) is 4.90 Å². The highest BCUT2D eigenvalue weighted by Crippen LogP contribution is 2.31. The molecule has 1 N–H and O–H groups in total. The molecule has 1 heterocycles. The summed E-state index contributed by atoms with van der Waals surface area (Å²) in [5, 5.41) is 10.6. The van der Waals surface area contributed by atoms with E-state index in [0.717, 1.165) is 30.3 Å². The molecule has 1 aromatic heterocycles. The first-order valence-electron chi connectivity index (χ1n) is 7.07. The SMILES string of the molecule is CCCCN(C)Cc1cc(Cl)cc2c(C)c(C(=O)O)oc12. The number of carboxylic acids is 1. The number of rotatable bonds is 6. The van der Waals surface area contributed by atoms with E-state index >= 15 is 0 Å². The Kier molecular flexibility index (Phi) is 4.91. The van der Waals surface area contributed by atoms with Gasteiger partial charge in [-0.15, -0.1) is 0 Å². The first-order valence-corrected chi connectivity index (χ1v) is 7.45. The summed E-state index contributed by atoms with van der Waals surface area (Å²) in [6.07, 6.45) is 2.26. The van der Waals surface area contributed by atoms with Gasteiger partial charge in [-0.25, -0.2) is 4.79 Å². The third kappa shape index (κ3) is 3.39. The molecule has 0 fully saturated rings. The highest BCUT2D eigenvalue weighted by atomic mass is 35.5. The van der Waals surface area contributed by atoms with E-state index in [0.29, 0.717) is 22.7 Å². The standard InChI is InChI=1S/C16H20ClNO3/c1-4-5-6-18(3)9-11-7-12(17)8-13-10(2)14(16(19)20)21-15(11)13/h7-8H,4-6,9H2,1-3H3,(H,19,20). The van der Waals surface area contributed by atoms with Crippen LogP contribution < -0.4 is 0 Å². The number of unbranched alkanes of at least 4 members (excludes halogenated alkanes) is 1.